The molecule has 2 bridgehead atoms. The zero-order valence-electron chi connectivity index (χ0n) is 20.9. The van der Waals surface area contributed by atoms with Crippen LogP contribution < -0.4 is 16.0 Å². The standard InChI is InChI=1S/C26H32ClF2N5O3/c1-14-20(27)6-3-7-21(14)32-15(2)25(37)34-18-8-9-19(26(28,29)12-18)22(34)24(36)33-17(13-30)11-16-5-4-10-31-23(16)35/h3,6-7,15-19,22,32H,4-5,8-12H2,1-2H3,(H,31,35)(H,33,36)/t15-,16+,17+,18-,19-,22+/m0/s1. The monoisotopic (exact) mass is 535 g/mol. The number of alkyl halides is 2. The lowest BCUT2D eigenvalue weighted by Gasteiger charge is -2.54. The summed E-state index contributed by atoms with van der Waals surface area (Å²) in [7, 11) is 0. The number of nitriles is 1. The number of hydrogen-bond donors (Lipinski definition) is 3. The highest BCUT2D eigenvalue weighted by molar-refractivity contribution is 6.31. The van der Waals surface area contributed by atoms with E-state index < -0.39 is 60.2 Å². The minimum Gasteiger partial charge on any atom is -0.374 e. The number of amides is 3. The second-order valence-corrected chi connectivity index (χ2v) is 10.7. The van der Waals surface area contributed by atoms with E-state index in [4.69, 9.17) is 11.6 Å². The highest BCUT2D eigenvalue weighted by atomic mass is 35.5. The average molecular weight is 536 g/mol. The van der Waals surface area contributed by atoms with Crippen LogP contribution >= 0.6 is 11.6 Å². The molecular weight excluding hydrogens is 504 g/mol. The smallest absolute Gasteiger partial charge is 0.255 e. The lowest BCUT2D eigenvalue weighted by atomic mass is 9.71. The van der Waals surface area contributed by atoms with E-state index in [1.165, 1.54) is 4.90 Å². The molecule has 3 heterocycles. The SMILES string of the molecule is Cc1c(Cl)cccc1N[C@@H](C)C(=O)N1[C@H]2CC[C@@H]([C@@H]1C(=O)N[C@@H](C#N)C[C@H]1CCCNC1=O)C(F)(F)C2. The summed E-state index contributed by atoms with van der Waals surface area (Å²) in [5.74, 6) is -6.32. The van der Waals surface area contributed by atoms with Gasteiger partial charge in [-0.2, -0.15) is 5.26 Å². The summed E-state index contributed by atoms with van der Waals surface area (Å²) in [6.07, 6.45) is 1.42. The average Bonchev–Trinajstić information content (AvgIpc) is 2.86. The van der Waals surface area contributed by atoms with E-state index in [-0.39, 0.29) is 18.7 Å². The van der Waals surface area contributed by atoms with Crippen LogP contribution in [0.2, 0.25) is 5.02 Å². The number of nitrogens with zero attached hydrogens (tertiary/aromatic N) is 2. The topological polar surface area (TPSA) is 114 Å². The molecule has 1 aromatic rings. The Bertz CT molecular complexity index is 1110. The number of fused-ring (bicyclic) bond motifs is 3. The first-order valence-corrected chi connectivity index (χ1v) is 13.1. The molecule has 6 atom stereocenters. The summed E-state index contributed by atoms with van der Waals surface area (Å²) in [6, 6.07) is 3.18. The van der Waals surface area contributed by atoms with Gasteiger partial charge in [-0.3, -0.25) is 14.4 Å². The Morgan fingerprint density at radius 2 is 2.08 bits per heavy atom. The molecule has 0 spiro atoms. The molecule has 8 nitrogen and oxygen atoms in total. The third-order valence-electron chi connectivity index (χ3n) is 7.86. The van der Waals surface area contributed by atoms with Gasteiger partial charge in [-0.1, -0.05) is 17.7 Å². The summed E-state index contributed by atoms with van der Waals surface area (Å²) in [5.41, 5.74) is 1.38. The number of piperidine rings is 3. The first-order valence-electron chi connectivity index (χ1n) is 12.7. The van der Waals surface area contributed by atoms with Crippen molar-refractivity contribution in [1.29, 1.82) is 5.26 Å². The number of hydrogen-bond acceptors (Lipinski definition) is 5. The highest BCUT2D eigenvalue weighted by Crippen LogP contribution is 2.49. The van der Waals surface area contributed by atoms with Crippen LogP contribution in [0.5, 0.6) is 0 Å². The largest absolute Gasteiger partial charge is 0.374 e. The van der Waals surface area contributed by atoms with Gasteiger partial charge >= 0.3 is 0 Å². The third kappa shape index (κ3) is 5.52. The molecule has 0 aromatic heterocycles. The summed E-state index contributed by atoms with van der Waals surface area (Å²) in [5, 5.41) is 18.6. The predicted molar refractivity (Wildman–Crippen MR) is 134 cm³/mol. The van der Waals surface area contributed by atoms with Crippen LogP contribution in [0.1, 0.15) is 51.0 Å². The van der Waals surface area contributed by atoms with Gasteiger partial charge in [-0.15, -0.1) is 0 Å². The highest BCUT2D eigenvalue weighted by Gasteiger charge is 2.60. The van der Waals surface area contributed by atoms with E-state index >= 15 is 0 Å². The van der Waals surface area contributed by atoms with Crippen molar-refractivity contribution < 1.29 is 23.2 Å². The molecule has 3 aliphatic heterocycles. The van der Waals surface area contributed by atoms with Crippen molar-refractivity contribution in [3.8, 4) is 6.07 Å². The van der Waals surface area contributed by atoms with Crippen molar-refractivity contribution in [2.24, 2.45) is 11.8 Å². The van der Waals surface area contributed by atoms with Crippen molar-refractivity contribution >= 4 is 35.0 Å². The van der Waals surface area contributed by atoms with Crippen LogP contribution in [-0.2, 0) is 14.4 Å². The molecule has 3 amide bonds. The Morgan fingerprint density at radius 3 is 2.76 bits per heavy atom. The summed E-state index contributed by atoms with van der Waals surface area (Å²) in [6.45, 7) is 3.99. The van der Waals surface area contributed by atoms with Gasteiger partial charge in [-0.05, 0) is 63.6 Å². The van der Waals surface area contributed by atoms with E-state index in [2.05, 4.69) is 16.0 Å². The lowest BCUT2D eigenvalue weighted by Crippen LogP contribution is -2.70. The zero-order valence-corrected chi connectivity index (χ0v) is 21.7. The van der Waals surface area contributed by atoms with Crippen molar-refractivity contribution in [2.45, 2.75) is 82.5 Å². The van der Waals surface area contributed by atoms with E-state index in [9.17, 15) is 28.4 Å². The first kappa shape index (κ1) is 27.1. The van der Waals surface area contributed by atoms with Crippen molar-refractivity contribution in [3.63, 3.8) is 0 Å². The van der Waals surface area contributed by atoms with Gasteiger partial charge < -0.3 is 20.9 Å². The van der Waals surface area contributed by atoms with Crippen molar-refractivity contribution in [3.05, 3.63) is 28.8 Å². The molecule has 1 aliphatic carbocycles. The number of nitrogens with one attached hydrogen (secondary N) is 3. The zero-order chi connectivity index (χ0) is 26.9. The maximum atomic E-state index is 15.0. The summed E-state index contributed by atoms with van der Waals surface area (Å²) >= 11 is 6.19. The minimum atomic E-state index is -3.10. The molecule has 4 fully saturated rings. The fourth-order valence-electron chi connectivity index (χ4n) is 5.85. The van der Waals surface area contributed by atoms with Gasteiger partial charge in [0.05, 0.1) is 12.0 Å². The van der Waals surface area contributed by atoms with Gasteiger partial charge in [0.15, 0.2) is 0 Å². The van der Waals surface area contributed by atoms with Crippen LogP contribution in [0.4, 0.5) is 14.5 Å². The van der Waals surface area contributed by atoms with Crippen LogP contribution in [0, 0.1) is 30.1 Å². The second kappa shape index (κ2) is 10.8. The molecule has 3 saturated heterocycles. The molecule has 11 heteroatoms. The number of carbonyl (C=O) groups is 3. The fraction of sp³-hybridized carbons (Fsp3) is 0.615. The Morgan fingerprint density at radius 1 is 1.32 bits per heavy atom. The Balaban J connectivity index is 1.54. The maximum absolute atomic E-state index is 15.0. The van der Waals surface area contributed by atoms with Crippen LogP contribution in [-0.4, -0.2) is 59.3 Å². The molecule has 200 valence electrons. The van der Waals surface area contributed by atoms with Gasteiger partial charge in [0.1, 0.15) is 18.1 Å². The minimum absolute atomic E-state index is 0.0885. The summed E-state index contributed by atoms with van der Waals surface area (Å²) < 4.78 is 29.9. The van der Waals surface area contributed by atoms with Crippen LogP contribution in [0.15, 0.2) is 18.2 Å². The molecular formula is C26H32ClF2N5O3. The van der Waals surface area contributed by atoms with Gasteiger partial charge in [0.2, 0.25) is 17.7 Å². The van der Waals surface area contributed by atoms with E-state index in [0.717, 1.165) is 12.0 Å². The van der Waals surface area contributed by atoms with Gasteiger partial charge in [0, 0.05) is 35.6 Å². The molecule has 1 aromatic carbocycles. The van der Waals surface area contributed by atoms with Gasteiger partial charge in [0.25, 0.3) is 5.92 Å². The molecule has 37 heavy (non-hydrogen) atoms. The number of rotatable bonds is 7. The van der Waals surface area contributed by atoms with Gasteiger partial charge in [-0.25, -0.2) is 8.78 Å². The Labute approximate surface area is 220 Å². The molecule has 4 aliphatic rings. The summed E-state index contributed by atoms with van der Waals surface area (Å²) in [4.78, 5) is 40.5. The molecule has 1 saturated carbocycles. The number of benzene rings is 1. The third-order valence-corrected chi connectivity index (χ3v) is 8.27. The number of anilines is 1. The van der Waals surface area contributed by atoms with Crippen LogP contribution in [0.3, 0.4) is 0 Å². The fourth-order valence-corrected chi connectivity index (χ4v) is 6.03. The van der Waals surface area contributed by atoms with Crippen LogP contribution in [0.25, 0.3) is 0 Å². The van der Waals surface area contributed by atoms with Crippen molar-refractivity contribution in [1.82, 2.24) is 15.5 Å². The van der Waals surface area contributed by atoms with Crippen molar-refractivity contribution in [2.75, 3.05) is 11.9 Å². The molecule has 0 unspecified atom stereocenters. The van der Waals surface area contributed by atoms with E-state index in [0.29, 0.717) is 30.1 Å². The first-order chi connectivity index (χ1) is 17.5. The lowest BCUT2D eigenvalue weighted by molar-refractivity contribution is -0.194. The number of halogens is 3. The quantitative estimate of drug-likeness (QED) is 0.495. The molecule has 0 radical (unpaired) electrons. The normalized spacial score (nSPS) is 28.0. The Hall–Kier alpha value is -2.93. The number of carbonyl (C=O) groups excluding carboxylic acids is 3. The maximum Gasteiger partial charge on any atom is 0.255 e. The Kier molecular flexibility index (Phi) is 7.93. The molecule has 3 N–H and O–H groups in total. The second-order valence-electron chi connectivity index (χ2n) is 10.3. The van der Waals surface area contributed by atoms with E-state index in [1.54, 1.807) is 32.0 Å². The van der Waals surface area contributed by atoms with E-state index in [1.807, 2.05) is 6.07 Å². The molecule has 5 rings (SSSR count). The predicted octanol–water partition coefficient (Wildman–Crippen LogP) is 3.39.